The molecule has 0 radical (unpaired) electrons. The molecule has 0 aliphatic rings. The maximum atomic E-state index is 14.0. The molecule has 3 aromatic carbocycles. The van der Waals surface area contributed by atoms with Crippen LogP contribution in [-0.2, 0) is 10.0 Å². The number of aromatic nitrogens is 1. The average molecular weight is 550 g/mol. The highest BCUT2D eigenvalue weighted by molar-refractivity contribution is 7.92. The molecule has 0 aliphatic heterocycles. The molecule has 11 heteroatoms. The summed E-state index contributed by atoms with van der Waals surface area (Å²) in [5.41, 5.74) is 3.58. The largest absolute Gasteiger partial charge is 0.505 e. The van der Waals surface area contributed by atoms with Gasteiger partial charge in [-0.2, -0.15) is 5.10 Å². The maximum Gasteiger partial charge on any atom is 0.229 e. The number of aryl methyl sites for hydroxylation is 2. The Bertz CT molecular complexity index is 1740. The topological polar surface area (TPSA) is 131 Å². The summed E-state index contributed by atoms with van der Waals surface area (Å²) in [5.74, 6) is -0.292. The Balaban J connectivity index is 1.62. The van der Waals surface area contributed by atoms with Gasteiger partial charge in [0.05, 0.1) is 23.3 Å². The first-order valence-electron chi connectivity index (χ1n) is 11.8. The lowest BCUT2D eigenvalue weighted by Crippen LogP contribution is -2.26. The van der Waals surface area contributed by atoms with E-state index in [9.17, 15) is 17.9 Å². The third-order valence-corrected chi connectivity index (χ3v) is 6.63. The van der Waals surface area contributed by atoms with Crippen LogP contribution in [-0.4, -0.2) is 37.3 Å². The van der Waals surface area contributed by atoms with E-state index in [0.29, 0.717) is 44.8 Å². The van der Waals surface area contributed by atoms with Gasteiger partial charge in [-0.25, -0.2) is 17.8 Å². The number of hydrazone groups is 1. The van der Waals surface area contributed by atoms with E-state index in [2.05, 4.69) is 21.5 Å². The van der Waals surface area contributed by atoms with Gasteiger partial charge in [0.25, 0.3) is 0 Å². The van der Waals surface area contributed by atoms with Crippen LogP contribution in [0, 0.1) is 25.1 Å². The van der Waals surface area contributed by atoms with Crippen LogP contribution in [0.2, 0.25) is 0 Å². The van der Waals surface area contributed by atoms with Gasteiger partial charge in [-0.1, -0.05) is 12.1 Å². The molecule has 0 bridgehead atoms. The lowest BCUT2D eigenvalue weighted by atomic mass is 10.1. The van der Waals surface area contributed by atoms with Crippen molar-refractivity contribution in [2.75, 3.05) is 16.0 Å². The molecule has 4 aromatic rings. The van der Waals surface area contributed by atoms with Crippen molar-refractivity contribution < 1.29 is 22.7 Å². The van der Waals surface area contributed by atoms with Crippen molar-refractivity contribution in [1.82, 2.24) is 4.98 Å². The number of nitrogens with zero attached hydrogens (tertiary/aromatic N) is 2. The van der Waals surface area contributed by atoms with Crippen LogP contribution in [0.4, 0.5) is 15.8 Å². The number of rotatable bonds is 8. The van der Waals surface area contributed by atoms with Crippen molar-refractivity contribution in [1.29, 1.82) is 5.41 Å². The van der Waals surface area contributed by atoms with E-state index >= 15 is 0 Å². The van der Waals surface area contributed by atoms with Crippen molar-refractivity contribution in [2.24, 2.45) is 5.10 Å². The molecule has 4 N–H and O–H groups in total. The molecule has 1 aromatic heterocycles. The molecule has 4 rings (SSSR count). The molecule has 39 heavy (non-hydrogen) atoms. The molecule has 0 atom stereocenters. The van der Waals surface area contributed by atoms with E-state index in [1.165, 1.54) is 17.1 Å². The Hall–Kier alpha value is -4.64. The molecule has 0 unspecified atom stereocenters. The van der Waals surface area contributed by atoms with Crippen molar-refractivity contribution in [3.63, 3.8) is 0 Å². The summed E-state index contributed by atoms with van der Waals surface area (Å²) in [4.78, 5) is 3.11. The van der Waals surface area contributed by atoms with Crippen molar-refractivity contribution >= 4 is 50.6 Å². The van der Waals surface area contributed by atoms with Gasteiger partial charge in [0.15, 0.2) is 17.4 Å². The highest BCUT2D eigenvalue weighted by Crippen LogP contribution is 2.32. The number of aliphatic hydroxyl groups is 1. The average Bonchev–Trinajstić information content (AvgIpc) is 3.28. The highest BCUT2D eigenvalue weighted by Gasteiger charge is 2.20. The molecule has 9 nitrogen and oxygen atoms in total. The fourth-order valence-corrected chi connectivity index (χ4v) is 4.67. The van der Waals surface area contributed by atoms with E-state index in [0.717, 1.165) is 6.26 Å². The fourth-order valence-electron chi connectivity index (χ4n) is 4.05. The summed E-state index contributed by atoms with van der Waals surface area (Å²) >= 11 is 0. The Labute approximate surface area is 225 Å². The number of aliphatic hydroxyl groups excluding tert-OH is 1. The standard InChI is InChI=1S/C28H28FN5O4S/c1-16-13-23-19(14-22(16)33-39(5,36)37)15-24(32-23)27(35)18(3)28(30)34(31-4)25-11-10-20(12-17(25)2)38-26-9-7-6-8-21(26)29/h6-15,30,32-33,35H,4H2,1-3,5H3. The van der Waals surface area contributed by atoms with Crippen LogP contribution in [0.3, 0.4) is 0 Å². The summed E-state index contributed by atoms with van der Waals surface area (Å²) in [6.45, 7) is 8.72. The van der Waals surface area contributed by atoms with E-state index in [1.807, 2.05) is 0 Å². The van der Waals surface area contributed by atoms with Gasteiger partial charge < -0.3 is 14.8 Å². The lowest BCUT2D eigenvalue weighted by Gasteiger charge is -2.22. The molecule has 0 saturated carbocycles. The second kappa shape index (κ2) is 10.6. The highest BCUT2D eigenvalue weighted by atomic mass is 32.2. The van der Waals surface area contributed by atoms with E-state index in [-0.39, 0.29) is 22.9 Å². The number of hydrogen-bond acceptors (Lipinski definition) is 6. The van der Waals surface area contributed by atoms with Crippen LogP contribution in [0.5, 0.6) is 11.5 Å². The van der Waals surface area contributed by atoms with E-state index in [1.54, 1.807) is 69.3 Å². The zero-order valence-corrected chi connectivity index (χ0v) is 22.6. The lowest BCUT2D eigenvalue weighted by molar-refractivity contribution is 0.442. The molecule has 0 amide bonds. The van der Waals surface area contributed by atoms with Gasteiger partial charge in [0.1, 0.15) is 11.5 Å². The number of fused-ring (bicyclic) bond motifs is 1. The smallest absolute Gasteiger partial charge is 0.229 e. The summed E-state index contributed by atoms with van der Waals surface area (Å²) in [6.07, 6.45) is 1.08. The molecule has 0 saturated heterocycles. The number of hydrogen-bond donors (Lipinski definition) is 4. The SMILES string of the molecule is C=NN(C(=N)C(C)=C(O)c1cc2cc(NS(C)(=O)=O)c(C)cc2[nH]1)c1ccc(Oc2ccccc2F)cc1C. The van der Waals surface area contributed by atoms with Crippen molar-refractivity contribution in [2.45, 2.75) is 20.8 Å². The summed E-state index contributed by atoms with van der Waals surface area (Å²) in [5, 5.41) is 25.7. The number of benzene rings is 3. The Morgan fingerprint density at radius 1 is 1.13 bits per heavy atom. The second-order valence-electron chi connectivity index (χ2n) is 9.07. The van der Waals surface area contributed by atoms with E-state index < -0.39 is 15.8 Å². The Morgan fingerprint density at radius 2 is 1.85 bits per heavy atom. The Morgan fingerprint density at radius 3 is 2.49 bits per heavy atom. The van der Waals surface area contributed by atoms with Crippen LogP contribution < -0.4 is 14.5 Å². The van der Waals surface area contributed by atoms with Crippen molar-refractivity contribution in [3.05, 3.63) is 88.9 Å². The van der Waals surface area contributed by atoms with Crippen LogP contribution in [0.15, 0.2) is 71.3 Å². The van der Waals surface area contributed by atoms with Crippen LogP contribution >= 0.6 is 0 Å². The quantitative estimate of drug-likeness (QED) is 0.0865. The van der Waals surface area contributed by atoms with Gasteiger partial charge in [-0.05, 0) is 80.4 Å². The van der Waals surface area contributed by atoms with Gasteiger partial charge in [0.2, 0.25) is 10.0 Å². The van der Waals surface area contributed by atoms with Gasteiger partial charge >= 0.3 is 0 Å². The minimum atomic E-state index is -3.46. The summed E-state index contributed by atoms with van der Waals surface area (Å²) < 4.78 is 45.5. The van der Waals surface area contributed by atoms with Crippen LogP contribution in [0.1, 0.15) is 23.7 Å². The summed E-state index contributed by atoms with van der Waals surface area (Å²) in [6, 6.07) is 16.2. The number of H-pyrrole nitrogens is 1. The number of ether oxygens (including phenoxy) is 1. The summed E-state index contributed by atoms with van der Waals surface area (Å²) in [7, 11) is -3.46. The predicted molar refractivity (Wildman–Crippen MR) is 154 cm³/mol. The first kappa shape index (κ1) is 27.4. The predicted octanol–water partition coefficient (Wildman–Crippen LogP) is 6.48. The number of amidine groups is 1. The number of aromatic amines is 1. The minimum absolute atomic E-state index is 0.0903. The Kier molecular flexibility index (Phi) is 7.46. The normalized spacial score (nSPS) is 12.1. The molecule has 0 spiro atoms. The van der Waals surface area contributed by atoms with Gasteiger partial charge in [0, 0.05) is 23.2 Å². The fraction of sp³-hybridized carbons (Fsp3) is 0.143. The van der Waals surface area contributed by atoms with Gasteiger partial charge in [-0.3, -0.25) is 10.1 Å². The molecule has 202 valence electrons. The number of para-hydroxylation sites is 1. The zero-order valence-electron chi connectivity index (χ0n) is 21.8. The molecular weight excluding hydrogens is 521 g/mol. The molecular formula is C28H28FN5O4S. The van der Waals surface area contributed by atoms with Gasteiger partial charge in [-0.15, -0.1) is 0 Å². The number of sulfonamides is 1. The third kappa shape index (κ3) is 5.93. The first-order chi connectivity index (χ1) is 18.4. The first-order valence-corrected chi connectivity index (χ1v) is 13.7. The number of halogens is 1. The van der Waals surface area contributed by atoms with E-state index in [4.69, 9.17) is 10.1 Å². The molecule has 1 heterocycles. The maximum absolute atomic E-state index is 14.0. The third-order valence-electron chi connectivity index (χ3n) is 6.04. The van der Waals surface area contributed by atoms with Crippen LogP contribution in [0.25, 0.3) is 16.7 Å². The molecule has 0 aliphatic carbocycles. The number of anilines is 2. The minimum Gasteiger partial charge on any atom is -0.505 e. The number of nitrogens with one attached hydrogen (secondary N) is 3. The van der Waals surface area contributed by atoms with Crippen molar-refractivity contribution in [3.8, 4) is 11.5 Å². The molecule has 0 fully saturated rings. The second-order valence-corrected chi connectivity index (χ2v) is 10.8. The zero-order chi connectivity index (χ0) is 28.5. The monoisotopic (exact) mass is 549 g/mol.